The van der Waals surface area contributed by atoms with Crippen molar-refractivity contribution in [3.63, 3.8) is 0 Å². The molecule has 0 aliphatic carbocycles. The summed E-state index contributed by atoms with van der Waals surface area (Å²) in [5, 5.41) is 29.1. The molecule has 0 saturated carbocycles. The van der Waals surface area contributed by atoms with E-state index in [-0.39, 0.29) is 17.2 Å². The van der Waals surface area contributed by atoms with E-state index in [0.29, 0.717) is 17.5 Å². The van der Waals surface area contributed by atoms with Crippen LogP contribution < -0.4 is 0 Å². The van der Waals surface area contributed by atoms with E-state index < -0.39 is 0 Å². The highest BCUT2D eigenvalue weighted by molar-refractivity contribution is 5.74. The van der Waals surface area contributed by atoms with Crippen molar-refractivity contribution in [2.45, 2.75) is 13.3 Å². The predicted octanol–water partition coefficient (Wildman–Crippen LogP) is 3.03. The molecule has 0 atom stereocenters. The molecule has 0 aromatic heterocycles. The molecule has 2 rings (SSSR count). The molecule has 0 saturated heterocycles. The maximum Gasteiger partial charge on any atom is 0.130 e. The minimum Gasteiger partial charge on any atom is -0.508 e. The van der Waals surface area contributed by atoms with Gasteiger partial charge in [0.15, 0.2) is 0 Å². The van der Waals surface area contributed by atoms with Gasteiger partial charge >= 0.3 is 0 Å². The lowest BCUT2D eigenvalue weighted by Gasteiger charge is -2.10. The lowest BCUT2D eigenvalue weighted by molar-refractivity contribution is 0.441. The van der Waals surface area contributed by atoms with Crippen LogP contribution in [0.5, 0.6) is 17.2 Å². The van der Waals surface area contributed by atoms with Gasteiger partial charge in [0.05, 0.1) is 0 Å². The number of hydrogen-bond donors (Lipinski definition) is 3. The largest absolute Gasteiger partial charge is 0.508 e. The van der Waals surface area contributed by atoms with E-state index in [0.717, 1.165) is 5.56 Å². The van der Waals surface area contributed by atoms with Crippen LogP contribution in [0.2, 0.25) is 0 Å². The lowest BCUT2D eigenvalue weighted by atomic mass is 9.99. The van der Waals surface area contributed by atoms with E-state index in [1.54, 1.807) is 36.4 Å². The highest BCUT2D eigenvalue weighted by Gasteiger charge is 2.12. The molecular formula is C14H14O3. The normalized spacial score (nSPS) is 10.4. The summed E-state index contributed by atoms with van der Waals surface area (Å²) in [6.07, 6.45) is 0.546. The quantitative estimate of drug-likeness (QED) is 0.743. The first-order valence-electron chi connectivity index (χ1n) is 5.46. The van der Waals surface area contributed by atoms with Gasteiger partial charge in [-0.15, -0.1) is 0 Å². The van der Waals surface area contributed by atoms with E-state index in [4.69, 9.17) is 0 Å². The zero-order valence-corrected chi connectivity index (χ0v) is 9.51. The smallest absolute Gasteiger partial charge is 0.130 e. The summed E-state index contributed by atoms with van der Waals surface area (Å²) >= 11 is 0. The topological polar surface area (TPSA) is 60.7 Å². The molecule has 0 heterocycles. The van der Waals surface area contributed by atoms with Crippen LogP contribution in [0, 0.1) is 0 Å². The Morgan fingerprint density at radius 2 is 1.76 bits per heavy atom. The second-order valence-electron chi connectivity index (χ2n) is 3.86. The van der Waals surface area contributed by atoms with Gasteiger partial charge in [-0.3, -0.25) is 0 Å². The third-order valence-corrected chi connectivity index (χ3v) is 2.77. The first-order chi connectivity index (χ1) is 8.13. The number of aromatic hydroxyl groups is 3. The summed E-state index contributed by atoms with van der Waals surface area (Å²) in [5.74, 6) is 0.306. The molecule has 0 unspecified atom stereocenters. The third-order valence-electron chi connectivity index (χ3n) is 2.77. The minimum absolute atomic E-state index is 0.0677. The third kappa shape index (κ3) is 2.04. The second kappa shape index (κ2) is 4.37. The summed E-state index contributed by atoms with van der Waals surface area (Å²) in [4.78, 5) is 0. The van der Waals surface area contributed by atoms with Crippen molar-refractivity contribution < 1.29 is 15.3 Å². The Balaban J connectivity index is 2.61. The summed E-state index contributed by atoms with van der Waals surface area (Å²) in [6, 6.07) is 9.84. The van der Waals surface area contributed by atoms with Crippen LogP contribution in [-0.4, -0.2) is 15.3 Å². The molecule has 0 radical (unpaired) electrons. The molecule has 3 N–H and O–H groups in total. The Bertz CT molecular complexity index is 547. The van der Waals surface area contributed by atoms with Gasteiger partial charge in [-0.1, -0.05) is 19.1 Å². The van der Waals surface area contributed by atoms with Crippen molar-refractivity contribution in [1.82, 2.24) is 0 Å². The lowest BCUT2D eigenvalue weighted by Crippen LogP contribution is -1.87. The fourth-order valence-electron chi connectivity index (χ4n) is 1.88. The summed E-state index contributed by atoms with van der Waals surface area (Å²) < 4.78 is 0. The van der Waals surface area contributed by atoms with Crippen molar-refractivity contribution in [3.8, 4) is 28.4 Å². The van der Waals surface area contributed by atoms with Crippen molar-refractivity contribution in [3.05, 3.63) is 42.0 Å². The maximum atomic E-state index is 10.1. The number of rotatable bonds is 2. The maximum absolute atomic E-state index is 10.1. The molecule has 0 spiro atoms. The number of phenolic OH excluding ortho intramolecular Hbond substituents is 3. The molecule has 0 bridgehead atoms. The fourth-order valence-corrected chi connectivity index (χ4v) is 1.88. The number of hydrogen-bond acceptors (Lipinski definition) is 3. The minimum atomic E-state index is 0.0677. The van der Waals surface area contributed by atoms with Crippen LogP contribution in [0.4, 0.5) is 0 Å². The van der Waals surface area contributed by atoms with Crippen LogP contribution in [0.15, 0.2) is 36.4 Å². The van der Waals surface area contributed by atoms with Gasteiger partial charge in [0.2, 0.25) is 0 Å². The molecule has 0 aliphatic heterocycles. The summed E-state index contributed by atoms with van der Waals surface area (Å²) in [7, 11) is 0. The SMILES string of the molecule is CCc1c(O)ccc(-c2cccc(O)c2)c1O. The van der Waals surface area contributed by atoms with Crippen molar-refractivity contribution >= 4 is 0 Å². The first kappa shape index (κ1) is 11.3. The highest BCUT2D eigenvalue weighted by Crippen LogP contribution is 2.37. The van der Waals surface area contributed by atoms with Gasteiger partial charge < -0.3 is 15.3 Å². The Hall–Kier alpha value is -2.16. The first-order valence-corrected chi connectivity index (χ1v) is 5.46. The average Bonchev–Trinajstić information content (AvgIpc) is 2.29. The van der Waals surface area contributed by atoms with E-state index >= 15 is 0 Å². The predicted molar refractivity (Wildman–Crippen MR) is 66.3 cm³/mol. The Morgan fingerprint density at radius 1 is 1.00 bits per heavy atom. The van der Waals surface area contributed by atoms with Gasteiger partial charge in [-0.2, -0.15) is 0 Å². The Kier molecular flexibility index (Phi) is 2.91. The van der Waals surface area contributed by atoms with Gasteiger partial charge in [-0.25, -0.2) is 0 Å². The zero-order chi connectivity index (χ0) is 12.4. The van der Waals surface area contributed by atoms with E-state index in [9.17, 15) is 15.3 Å². The molecule has 0 aliphatic rings. The standard InChI is InChI=1S/C14H14O3/c1-2-11-13(16)7-6-12(14(11)17)9-4-3-5-10(15)8-9/h3-8,15-17H,2H2,1H3. The highest BCUT2D eigenvalue weighted by atomic mass is 16.3. The van der Waals surface area contributed by atoms with Crippen molar-refractivity contribution in [2.75, 3.05) is 0 Å². The summed E-state index contributed by atoms with van der Waals surface area (Å²) in [6.45, 7) is 1.86. The molecule has 2 aromatic rings. The second-order valence-corrected chi connectivity index (χ2v) is 3.86. The van der Waals surface area contributed by atoms with Crippen LogP contribution in [-0.2, 0) is 6.42 Å². The van der Waals surface area contributed by atoms with Gasteiger partial charge in [0.1, 0.15) is 17.2 Å². The molecular weight excluding hydrogens is 216 g/mol. The van der Waals surface area contributed by atoms with Crippen molar-refractivity contribution in [1.29, 1.82) is 0 Å². The van der Waals surface area contributed by atoms with Crippen LogP contribution >= 0.6 is 0 Å². The number of benzene rings is 2. The van der Waals surface area contributed by atoms with E-state index in [1.165, 1.54) is 0 Å². The average molecular weight is 230 g/mol. The molecule has 0 amide bonds. The van der Waals surface area contributed by atoms with Gasteiger partial charge in [0, 0.05) is 11.1 Å². The number of phenols is 3. The molecule has 3 heteroatoms. The fraction of sp³-hybridized carbons (Fsp3) is 0.143. The van der Waals surface area contributed by atoms with Crippen LogP contribution in [0.3, 0.4) is 0 Å². The molecule has 88 valence electrons. The Morgan fingerprint density at radius 3 is 2.41 bits per heavy atom. The molecule has 3 nitrogen and oxygen atoms in total. The monoisotopic (exact) mass is 230 g/mol. The van der Waals surface area contributed by atoms with Crippen LogP contribution in [0.25, 0.3) is 11.1 Å². The van der Waals surface area contributed by atoms with Crippen LogP contribution in [0.1, 0.15) is 12.5 Å². The van der Waals surface area contributed by atoms with E-state index in [2.05, 4.69) is 0 Å². The molecule has 2 aromatic carbocycles. The Labute approximate surface area is 99.6 Å². The van der Waals surface area contributed by atoms with Gasteiger partial charge in [-0.05, 0) is 36.2 Å². The zero-order valence-electron chi connectivity index (χ0n) is 9.51. The molecule has 17 heavy (non-hydrogen) atoms. The molecule has 0 fully saturated rings. The van der Waals surface area contributed by atoms with Crippen molar-refractivity contribution in [2.24, 2.45) is 0 Å². The van der Waals surface area contributed by atoms with E-state index in [1.807, 2.05) is 6.92 Å². The summed E-state index contributed by atoms with van der Waals surface area (Å²) in [5.41, 5.74) is 1.85. The van der Waals surface area contributed by atoms with Gasteiger partial charge in [0.25, 0.3) is 0 Å².